The molecule has 0 radical (unpaired) electrons. The van der Waals surface area contributed by atoms with Gasteiger partial charge in [-0.3, -0.25) is 4.79 Å². The number of anilines is 2. The van der Waals surface area contributed by atoms with E-state index >= 15 is 0 Å². The summed E-state index contributed by atoms with van der Waals surface area (Å²) in [6.45, 7) is 2.12. The van der Waals surface area contributed by atoms with Gasteiger partial charge >= 0.3 is 6.03 Å². The van der Waals surface area contributed by atoms with Crippen LogP contribution in [0.25, 0.3) is 0 Å². The number of ether oxygens (including phenoxy) is 2. The van der Waals surface area contributed by atoms with E-state index in [4.69, 9.17) is 9.47 Å². The third-order valence-electron chi connectivity index (χ3n) is 3.38. The molecule has 2 aromatic rings. The molecule has 6 nitrogen and oxygen atoms in total. The molecule has 0 fully saturated rings. The summed E-state index contributed by atoms with van der Waals surface area (Å²) in [4.78, 5) is 24.7. The normalized spacial score (nSPS) is 11.9. The maximum absolute atomic E-state index is 12.3. The molecule has 118 valence electrons. The lowest BCUT2D eigenvalue weighted by molar-refractivity contribution is -0.106. The van der Waals surface area contributed by atoms with Gasteiger partial charge in [-0.1, -0.05) is 6.07 Å². The van der Waals surface area contributed by atoms with E-state index in [1.807, 2.05) is 19.1 Å². The maximum Gasteiger partial charge on any atom is 0.332 e. The molecule has 3 amide bonds. The fourth-order valence-corrected chi connectivity index (χ4v) is 2.63. The van der Waals surface area contributed by atoms with E-state index in [2.05, 4.69) is 27.9 Å². The van der Waals surface area contributed by atoms with E-state index in [9.17, 15) is 9.59 Å². The number of hydrogen-bond donors (Lipinski definition) is 1. The number of carbonyl (C=O) groups is 2. The van der Waals surface area contributed by atoms with Crippen LogP contribution < -0.4 is 19.7 Å². The van der Waals surface area contributed by atoms with Crippen LogP contribution in [0.3, 0.4) is 0 Å². The van der Waals surface area contributed by atoms with E-state index in [0.29, 0.717) is 29.3 Å². The molecule has 0 bridgehead atoms. The van der Waals surface area contributed by atoms with Crippen molar-refractivity contribution in [2.75, 3.05) is 17.0 Å². The summed E-state index contributed by atoms with van der Waals surface area (Å²) in [6, 6.07) is 9.88. The summed E-state index contributed by atoms with van der Waals surface area (Å²) in [5.74, 6) is 1.10. The smallest absolute Gasteiger partial charge is 0.332 e. The first-order valence-corrected chi connectivity index (χ1v) is 7.87. The highest BCUT2D eigenvalue weighted by Gasteiger charge is 2.20. The largest absolute Gasteiger partial charge is 0.454 e. The molecule has 0 spiro atoms. The number of hydrogen-bond acceptors (Lipinski definition) is 4. The van der Waals surface area contributed by atoms with Crippen molar-refractivity contribution < 1.29 is 19.1 Å². The molecule has 0 aliphatic carbocycles. The Kier molecular flexibility index (Phi) is 4.37. The minimum Gasteiger partial charge on any atom is -0.454 e. The molecular weight excluding hydrogens is 411 g/mol. The van der Waals surface area contributed by atoms with Crippen molar-refractivity contribution in [3.8, 4) is 11.5 Å². The number of nitrogens with zero attached hydrogens (tertiary/aromatic N) is 1. The fourth-order valence-electron chi connectivity index (χ4n) is 2.12. The SMILES string of the molecule is Cc1ccc(NC(=O)N(C=O)c2ccc3c(c2)OCO3)cc1I. The molecular formula is C16H13IN2O4. The second-order valence-corrected chi connectivity index (χ2v) is 6.07. The van der Waals surface area contributed by atoms with Crippen LogP contribution in [0, 0.1) is 10.5 Å². The fraction of sp³-hybridized carbons (Fsp3) is 0.125. The van der Waals surface area contributed by atoms with Crippen molar-refractivity contribution in [2.24, 2.45) is 0 Å². The van der Waals surface area contributed by atoms with Crippen LogP contribution in [0.5, 0.6) is 11.5 Å². The first-order chi connectivity index (χ1) is 11.1. The Morgan fingerprint density at radius 1 is 1.22 bits per heavy atom. The second-order valence-electron chi connectivity index (χ2n) is 4.91. The number of halogens is 1. The minimum atomic E-state index is -0.543. The van der Waals surface area contributed by atoms with Crippen molar-refractivity contribution in [1.29, 1.82) is 0 Å². The topological polar surface area (TPSA) is 67.9 Å². The number of nitrogens with one attached hydrogen (secondary N) is 1. The minimum absolute atomic E-state index is 0.133. The molecule has 1 aliphatic rings. The second kappa shape index (κ2) is 6.45. The van der Waals surface area contributed by atoms with Crippen LogP contribution >= 0.6 is 22.6 Å². The van der Waals surface area contributed by atoms with Crippen molar-refractivity contribution in [1.82, 2.24) is 0 Å². The highest BCUT2D eigenvalue weighted by Crippen LogP contribution is 2.35. The van der Waals surface area contributed by atoms with Gasteiger partial charge in [0.1, 0.15) is 0 Å². The van der Waals surface area contributed by atoms with E-state index in [-0.39, 0.29) is 6.79 Å². The molecule has 23 heavy (non-hydrogen) atoms. The third kappa shape index (κ3) is 3.24. The molecule has 0 saturated carbocycles. The monoisotopic (exact) mass is 424 g/mol. The van der Waals surface area contributed by atoms with Gasteiger partial charge in [-0.15, -0.1) is 0 Å². The summed E-state index contributed by atoms with van der Waals surface area (Å²) < 4.78 is 11.5. The van der Waals surface area contributed by atoms with E-state index in [1.165, 1.54) is 0 Å². The van der Waals surface area contributed by atoms with Crippen LogP contribution in [0.15, 0.2) is 36.4 Å². The van der Waals surface area contributed by atoms with Gasteiger partial charge in [0.15, 0.2) is 11.5 Å². The zero-order valence-corrected chi connectivity index (χ0v) is 14.4. The molecule has 1 heterocycles. The standard InChI is InChI=1S/C16H13IN2O4/c1-10-2-3-11(6-13(10)17)18-16(21)19(8-20)12-4-5-14-15(7-12)23-9-22-14/h2-8H,9H2,1H3,(H,18,21). The van der Waals surface area contributed by atoms with Crippen LogP contribution in [-0.2, 0) is 4.79 Å². The lowest BCUT2D eigenvalue weighted by Crippen LogP contribution is -2.33. The van der Waals surface area contributed by atoms with Gasteiger partial charge in [-0.05, 0) is 59.3 Å². The van der Waals surface area contributed by atoms with Crippen LogP contribution in [0.1, 0.15) is 5.56 Å². The van der Waals surface area contributed by atoms with Gasteiger partial charge in [-0.25, -0.2) is 9.69 Å². The molecule has 7 heteroatoms. The lowest BCUT2D eigenvalue weighted by atomic mass is 10.2. The summed E-state index contributed by atoms with van der Waals surface area (Å²) in [5, 5.41) is 2.71. The molecule has 0 saturated heterocycles. The van der Waals surface area contributed by atoms with Gasteiger partial charge in [-0.2, -0.15) is 0 Å². The van der Waals surface area contributed by atoms with Crippen LogP contribution in [0.4, 0.5) is 16.2 Å². The number of amides is 3. The van der Waals surface area contributed by atoms with Crippen molar-refractivity contribution in [3.63, 3.8) is 0 Å². The number of benzene rings is 2. The van der Waals surface area contributed by atoms with Crippen molar-refractivity contribution in [3.05, 3.63) is 45.5 Å². The van der Waals surface area contributed by atoms with Gasteiger partial charge in [0.2, 0.25) is 13.2 Å². The molecule has 2 aromatic carbocycles. The summed E-state index contributed by atoms with van der Waals surface area (Å²) in [6.07, 6.45) is 0.464. The number of carbonyl (C=O) groups excluding carboxylic acids is 2. The average Bonchev–Trinajstić information content (AvgIpc) is 2.99. The van der Waals surface area contributed by atoms with E-state index in [0.717, 1.165) is 14.0 Å². The number of imide groups is 1. The first kappa shape index (κ1) is 15.6. The zero-order valence-electron chi connectivity index (χ0n) is 12.2. The number of fused-ring (bicyclic) bond motifs is 1. The number of urea groups is 1. The Labute approximate surface area is 146 Å². The summed E-state index contributed by atoms with van der Waals surface area (Å²) >= 11 is 2.19. The predicted octanol–water partition coefficient (Wildman–Crippen LogP) is 3.52. The Morgan fingerprint density at radius 3 is 2.74 bits per heavy atom. The Hall–Kier alpha value is -2.29. The molecule has 0 atom stereocenters. The summed E-state index contributed by atoms with van der Waals surface area (Å²) in [7, 11) is 0. The molecule has 3 rings (SSSR count). The predicted molar refractivity (Wildman–Crippen MR) is 94.0 cm³/mol. The lowest BCUT2D eigenvalue weighted by Gasteiger charge is -2.17. The average molecular weight is 424 g/mol. The van der Waals surface area contributed by atoms with Crippen molar-refractivity contribution >= 4 is 46.4 Å². The molecule has 0 unspecified atom stereocenters. The van der Waals surface area contributed by atoms with Gasteiger partial charge in [0.25, 0.3) is 0 Å². The number of rotatable bonds is 3. The zero-order chi connectivity index (χ0) is 16.4. The van der Waals surface area contributed by atoms with Crippen molar-refractivity contribution in [2.45, 2.75) is 6.92 Å². The first-order valence-electron chi connectivity index (χ1n) is 6.80. The van der Waals surface area contributed by atoms with Gasteiger partial charge in [0, 0.05) is 15.3 Å². The Balaban J connectivity index is 1.81. The molecule has 1 N–H and O–H groups in total. The van der Waals surface area contributed by atoms with Crippen LogP contribution in [-0.4, -0.2) is 19.2 Å². The van der Waals surface area contributed by atoms with E-state index < -0.39 is 6.03 Å². The highest BCUT2D eigenvalue weighted by atomic mass is 127. The number of aryl methyl sites for hydroxylation is 1. The summed E-state index contributed by atoms with van der Waals surface area (Å²) in [5.41, 5.74) is 2.15. The highest BCUT2D eigenvalue weighted by molar-refractivity contribution is 14.1. The van der Waals surface area contributed by atoms with E-state index in [1.54, 1.807) is 24.3 Å². The Morgan fingerprint density at radius 2 is 2.00 bits per heavy atom. The maximum atomic E-state index is 12.3. The quantitative estimate of drug-likeness (QED) is 0.605. The third-order valence-corrected chi connectivity index (χ3v) is 4.54. The Bertz CT molecular complexity index is 779. The molecule has 1 aliphatic heterocycles. The van der Waals surface area contributed by atoms with Gasteiger partial charge < -0.3 is 14.8 Å². The molecule has 0 aromatic heterocycles. The van der Waals surface area contributed by atoms with Gasteiger partial charge in [0.05, 0.1) is 5.69 Å². The van der Waals surface area contributed by atoms with Crippen LogP contribution in [0.2, 0.25) is 0 Å².